The Labute approximate surface area is 214 Å². The van der Waals surface area contributed by atoms with Crippen LogP contribution in [0.3, 0.4) is 0 Å². The number of nitrogens with one attached hydrogen (secondary N) is 2. The summed E-state index contributed by atoms with van der Waals surface area (Å²) in [6.07, 6.45) is 1.09. The van der Waals surface area contributed by atoms with E-state index >= 15 is 0 Å². The van der Waals surface area contributed by atoms with Crippen molar-refractivity contribution in [3.8, 4) is 11.3 Å². The van der Waals surface area contributed by atoms with Crippen molar-refractivity contribution in [1.29, 1.82) is 0 Å². The molecule has 3 aromatic rings. The number of carbonyl (C=O) groups is 3. The van der Waals surface area contributed by atoms with Crippen LogP contribution in [0.25, 0.3) is 11.3 Å². The Hall–Kier alpha value is -3.91. The number of benzene rings is 2. The summed E-state index contributed by atoms with van der Waals surface area (Å²) in [5.74, 6) is -0.722. The van der Waals surface area contributed by atoms with E-state index in [2.05, 4.69) is 15.8 Å². The summed E-state index contributed by atoms with van der Waals surface area (Å²) >= 11 is 5.95. The Morgan fingerprint density at radius 2 is 1.75 bits per heavy atom. The van der Waals surface area contributed by atoms with E-state index in [9.17, 15) is 14.4 Å². The average Bonchev–Trinajstić information content (AvgIpc) is 3.30. The van der Waals surface area contributed by atoms with Crippen molar-refractivity contribution in [2.75, 3.05) is 0 Å². The van der Waals surface area contributed by atoms with E-state index in [1.807, 2.05) is 13.8 Å². The summed E-state index contributed by atoms with van der Waals surface area (Å²) in [4.78, 5) is 37.7. The third kappa shape index (κ3) is 7.05. The lowest BCUT2D eigenvalue weighted by Crippen LogP contribution is -2.48. The molecule has 0 spiro atoms. The zero-order chi connectivity index (χ0) is 26.2. The lowest BCUT2D eigenvalue weighted by atomic mass is 10.0. The Morgan fingerprint density at radius 1 is 1.00 bits per heavy atom. The molecule has 2 amide bonds. The van der Waals surface area contributed by atoms with E-state index in [0.717, 1.165) is 0 Å². The van der Waals surface area contributed by atoms with Crippen molar-refractivity contribution in [1.82, 2.24) is 10.7 Å². The van der Waals surface area contributed by atoms with Gasteiger partial charge < -0.3 is 14.5 Å². The SMILES string of the molecule is CC(C)OC(=O)c1ccccc1-c1ccc(/C=N\NC(=O)C(NC(=O)c2cccc(Cl)c2)C(C)C)o1. The summed E-state index contributed by atoms with van der Waals surface area (Å²) in [5.41, 5.74) is 3.75. The number of furan rings is 1. The van der Waals surface area contributed by atoms with Crippen LogP contribution in [-0.4, -0.2) is 36.1 Å². The van der Waals surface area contributed by atoms with Gasteiger partial charge >= 0.3 is 5.97 Å². The van der Waals surface area contributed by atoms with Crippen LogP contribution in [-0.2, 0) is 9.53 Å². The number of hydrogen-bond donors (Lipinski definition) is 2. The van der Waals surface area contributed by atoms with Gasteiger partial charge in [0.25, 0.3) is 11.8 Å². The highest BCUT2D eigenvalue weighted by Gasteiger charge is 2.24. The highest BCUT2D eigenvalue weighted by molar-refractivity contribution is 6.31. The number of hydrogen-bond acceptors (Lipinski definition) is 6. The fourth-order valence-corrected chi connectivity index (χ4v) is 3.53. The molecule has 1 unspecified atom stereocenters. The van der Waals surface area contributed by atoms with Gasteiger partial charge in [0, 0.05) is 16.1 Å². The first kappa shape index (κ1) is 26.7. The number of amides is 2. The predicted octanol–water partition coefficient (Wildman–Crippen LogP) is 5.07. The molecule has 0 radical (unpaired) electrons. The zero-order valence-electron chi connectivity index (χ0n) is 20.4. The van der Waals surface area contributed by atoms with E-state index < -0.39 is 23.8 Å². The Bertz CT molecular complexity index is 1270. The molecule has 0 saturated heterocycles. The van der Waals surface area contributed by atoms with Gasteiger partial charge in [-0.3, -0.25) is 9.59 Å². The summed E-state index contributed by atoms with van der Waals surface area (Å²) in [6.45, 7) is 7.19. The second kappa shape index (κ2) is 12.2. The predicted molar refractivity (Wildman–Crippen MR) is 138 cm³/mol. The lowest BCUT2D eigenvalue weighted by Gasteiger charge is -2.20. The third-order valence-corrected chi connectivity index (χ3v) is 5.31. The first-order chi connectivity index (χ1) is 17.2. The number of hydrazone groups is 1. The van der Waals surface area contributed by atoms with E-state index in [0.29, 0.717) is 33.2 Å². The number of ether oxygens (including phenoxy) is 1. The Kier molecular flexibility index (Phi) is 9.02. The van der Waals surface area contributed by atoms with Gasteiger partial charge in [0.15, 0.2) is 0 Å². The summed E-state index contributed by atoms with van der Waals surface area (Å²) in [7, 11) is 0. The molecule has 0 aliphatic rings. The van der Waals surface area contributed by atoms with Gasteiger partial charge in [-0.2, -0.15) is 5.10 Å². The van der Waals surface area contributed by atoms with Gasteiger partial charge in [-0.25, -0.2) is 10.2 Å². The van der Waals surface area contributed by atoms with Crippen molar-refractivity contribution in [2.24, 2.45) is 11.0 Å². The largest absolute Gasteiger partial charge is 0.459 e. The van der Waals surface area contributed by atoms with E-state index in [1.165, 1.54) is 12.3 Å². The van der Waals surface area contributed by atoms with Crippen LogP contribution in [0, 0.1) is 5.92 Å². The molecule has 3 rings (SSSR count). The molecule has 0 aliphatic heterocycles. The normalized spacial score (nSPS) is 12.1. The van der Waals surface area contributed by atoms with E-state index in [4.69, 9.17) is 20.8 Å². The van der Waals surface area contributed by atoms with Crippen LogP contribution >= 0.6 is 11.6 Å². The van der Waals surface area contributed by atoms with Gasteiger partial charge in [-0.1, -0.05) is 49.7 Å². The molecule has 2 aromatic carbocycles. The van der Waals surface area contributed by atoms with Crippen LogP contribution < -0.4 is 10.7 Å². The first-order valence-electron chi connectivity index (χ1n) is 11.4. The highest BCUT2D eigenvalue weighted by atomic mass is 35.5. The second-order valence-electron chi connectivity index (χ2n) is 8.64. The molecule has 2 N–H and O–H groups in total. The zero-order valence-corrected chi connectivity index (χ0v) is 21.2. The maximum Gasteiger partial charge on any atom is 0.339 e. The number of carbonyl (C=O) groups excluding carboxylic acids is 3. The molecule has 1 aromatic heterocycles. The highest BCUT2D eigenvalue weighted by Crippen LogP contribution is 2.26. The van der Waals surface area contributed by atoms with Gasteiger partial charge in [-0.15, -0.1) is 0 Å². The van der Waals surface area contributed by atoms with Gasteiger partial charge in [0.2, 0.25) is 0 Å². The maximum absolute atomic E-state index is 12.7. The lowest BCUT2D eigenvalue weighted by molar-refractivity contribution is -0.123. The quantitative estimate of drug-likeness (QED) is 0.238. The van der Waals surface area contributed by atoms with Crippen molar-refractivity contribution in [3.63, 3.8) is 0 Å². The van der Waals surface area contributed by atoms with Crippen LogP contribution in [0.2, 0.25) is 5.02 Å². The van der Waals surface area contributed by atoms with Gasteiger partial charge in [0.05, 0.1) is 17.9 Å². The molecule has 1 atom stereocenters. The molecule has 0 fully saturated rings. The average molecular weight is 510 g/mol. The van der Waals surface area contributed by atoms with Gasteiger partial charge in [-0.05, 0) is 56.2 Å². The molecule has 8 nitrogen and oxygen atoms in total. The number of rotatable bonds is 9. The molecular formula is C27H28ClN3O5. The summed E-state index contributed by atoms with van der Waals surface area (Å²) < 4.78 is 11.1. The minimum atomic E-state index is -0.820. The van der Waals surface area contributed by atoms with Crippen LogP contribution in [0.1, 0.15) is 54.2 Å². The summed E-state index contributed by atoms with van der Waals surface area (Å²) in [5, 5.41) is 7.10. The molecular weight excluding hydrogens is 482 g/mol. The minimum absolute atomic E-state index is 0.194. The van der Waals surface area contributed by atoms with Crippen molar-refractivity contribution in [2.45, 2.75) is 39.8 Å². The number of nitrogens with zero attached hydrogens (tertiary/aromatic N) is 1. The first-order valence-corrected chi connectivity index (χ1v) is 11.8. The second-order valence-corrected chi connectivity index (χ2v) is 9.08. The summed E-state index contributed by atoms with van der Waals surface area (Å²) in [6, 6.07) is 16.0. The monoisotopic (exact) mass is 509 g/mol. The molecule has 188 valence electrons. The topological polar surface area (TPSA) is 110 Å². The third-order valence-electron chi connectivity index (χ3n) is 5.07. The van der Waals surface area contributed by atoms with Crippen molar-refractivity contribution < 1.29 is 23.5 Å². The van der Waals surface area contributed by atoms with Crippen molar-refractivity contribution >= 4 is 35.6 Å². The number of halogens is 1. The van der Waals surface area contributed by atoms with Crippen LogP contribution in [0.5, 0.6) is 0 Å². The molecule has 1 heterocycles. The molecule has 0 saturated carbocycles. The smallest absolute Gasteiger partial charge is 0.339 e. The Morgan fingerprint density at radius 3 is 2.44 bits per heavy atom. The van der Waals surface area contributed by atoms with Gasteiger partial charge in [0.1, 0.15) is 17.6 Å². The molecule has 36 heavy (non-hydrogen) atoms. The fourth-order valence-electron chi connectivity index (χ4n) is 3.34. The molecule has 0 aliphatic carbocycles. The molecule has 9 heteroatoms. The van der Waals surface area contributed by atoms with Crippen molar-refractivity contribution in [3.05, 3.63) is 82.6 Å². The van der Waals surface area contributed by atoms with E-state index in [-0.39, 0.29) is 12.0 Å². The maximum atomic E-state index is 12.7. The number of esters is 1. The molecule has 0 bridgehead atoms. The Balaban J connectivity index is 1.67. The fraction of sp³-hybridized carbons (Fsp3) is 0.259. The standard InChI is InChI=1S/C27H28ClN3O5/c1-16(2)24(30-25(32)18-8-7-9-19(28)14-18)26(33)31-29-15-20-12-13-23(36-20)21-10-5-6-11-22(21)27(34)35-17(3)4/h5-17,24H,1-4H3,(H,30,32)(H,31,33)/b29-15-. The minimum Gasteiger partial charge on any atom is -0.459 e. The van der Waals surface area contributed by atoms with E-state index in [1.54, 1.807) is 68.4 Å². The van der Waals surface area contributed by atoms with Crippen LogP contribution in [0.4, 0.5) is 0 Å². The van der Waals surface area contributed by atoms with Crippen LogP contribution in [0.15, 0.2) is 70.2 Å².